The molecule has 60 valence electrons. The van der Waals surface area contributed by atoms with Crippen molar-refractivity contribution in [1.82, 2.24) is 10.2 Å². The van der Waals surface area contributed by atoms with Crippen LogP contribution in [0.4, 0.5) is 4.39 Å². The van der Waals surface area contributed by atoms with E-state index in [4.69, 9.17) is 0 Å². The number of carbonyl (C=O) groups is 1. The van der Waals surface area contributed by atoms with Gasteiger partial charge in [0.1, 0.15) is 6.67 Å². The van der Waals surface area contributed by atoms with Crippen LogP contribution in [-0.2, 0) is 4.79 Å². The third-order valence-corrected chi connectivity index (χ3v) is 1.05. The largest absolute Gasteiger partial charge is 0.348 e. The number of nitrogens with zero attached hydrogens (tertiary/aromatic N) is 1. The normalized spacial score (nSPS) is 9.50. The molecule has 0 aromatic carbocycles. The van der Waals surface area contributed by atoms with Crippen molar-refractivity contribution in [1.29, 1.82) is 0 Å². The minimum absolute atomic E-state index is 0.0338. The SMILES string of the molecule is CN(C)C(=O)CNCCF. The van der Waals surface area contributed by atoms with E-state index in [-0.39, 0.29) is 19.0 Å². The second-order valence-corrected chi connectivity index (χ2v) is 2.15. The van der Waals surface area contributed by atoms with Gasteiger partial charge in [-0.05, 0) is 0 Å². The maximum Gasteiger partial charge on any atom is 0.236 e. The summed E-state index contributed by atoms with van der Waals surface area (Å²) in [7, 11) is 3.33. The molecule has 0 aromatic heterocycles. The van der Waals surface area contributed by atoms with Crippen LogP contribution in [0.3, 0.4) is 0 Å². The molecule has 0 atom stereocenters. The maximum absolute atomic E-state index is 11.5. The predicted octanol–water partition coefficient (Wildman–Crippen LogP) is -0.366. The van der Waals surface area contributed by atoms with E-state index in [1.165, 1.54) is 4.90 Å². The van der Waals surface area contributed by atoms with Gasteiger partial charge in [0, 0.05) is 20.6 Å². The van der Waals surface area contributed by atoms with Crippen molar-refractivity contribution in [2.24, 2.45) is 0 Å². The van der Waals surface area contributed by atoms with Crippen molar-refractivity contribution >= 4 is 5.91 Å². The minimum atomic E-state index is -0.430. The second-order valence-electron chi connectivity index (χ2n) is 2.15. The summed E-state index contributed by atoms with van der Waals surface area (Å²) in [6.45, 7) is 0.0389. The monoisotopic (exact) mass is 148 g/mol. The van der Waals surface area contributed by atoms with Crippen LogP contribution in [0.1, 0.15) is 0 Å². The van der Waals surface area contributed by atoms with E-state index in [9.17, 15) is 9.18 Å². The average molecular weight is 148 g/mol. The van der Waals surface area contributed by atoms with E-state index in [2.05, 4.69) is 5.32 Å². The van der Waals surface area contributed by atoms with Gasteiger partial charge in [0.15, 0.2) is 0 Å². The Hall–Kier alpha value is -0.640. The topological polar surface area (TPSA) is 32.3 Å². The highest BCUT2D eigenvalue weighted by molar-refractivity contribution is 5.77. The molecule has 10 heavy (non-hydrogen) atoms. The molecule has 0 spiro atoms. The van der Waals surface area contributed by atoms with Crippen molar-refractivity contribution < 1.29 is 9.18 Å². The highest BCUT2D eigenvalue weighted by atomic mass is 19.1. The van der Waals surface area contributed by atoms with Crippen LogP contribution in [0.5, 0.6) is 0 Å². The van der Waals surface area contributed by atoms with Gasteiger partial charge in [-0.3, -0.25) is 4.79 Å². The van der Waals surface area contributed by atoms with Gasteiger partial charge in [0.05, 0.1) is 6.54 Å². The van der Waals surface area contributed by atoms with E-state index in [0.29, 0.717) is 0 Å². The molecule has 0 aliphatic carbocycles. The fourth-order valence-electron chi connectivity index (χ4n) is 0.420. The van der Waals surface area contributed by atoms with E-state index in [1.807, 2.05) is 0 Å². The number of hydrogen-bond donors (Lipinski definition) is 1. The van der Waals surface area contributed by atoms with E-state index < -0.39 is 6.67 Å². The number of amides is 1. The number of carbonyl (C=O) groups excluding carboxylic acids is 1. The number of hydrogen-bond acceptors (Lipinski definition) is 2. The summed E-state index contributed by atoms with van der Waals surface area (Å²) < 4.78 is 11.5. The Morgan fingerprint density at radius 2 is 2.20 bits per heavy atom. The van der Waals surface area contributed by atoms with Gasteiger partial charge >= 0.3 is 0 Å². The van der Waals surface area contributed by atoms with Crippen LogP contribution in [0.2, 0.25) is 0 Å². The molecule has 1 N–H and O–H groups in total. The molecule has 0 rings (SSSR count). The van der Waals surface area contributed by atoms with Gasteiger partial charge in [-0.25, -0.2) is 4.39 Å². The molecule has 0 bridgehead atoms. The summed E-state index contributed by atoms with van der Waals surface area (Å²) in [5, 5.41) is 2.65. The van der Waals surface area contributed by atoms with Crippen LogP contribution < -0.4 is 5.32 Å². The van der Waals surface area contributed by atoms with Crippen molar-refractivity contribution in [2.75, 3.05) is 33.9 Å². The molecule has 0 aromatic rings. The number of likely N-dealkylation sites (N-methyl/N-ethyl adjacent to an activating group) is 1. The first-order valence-corrected chi connectivity index (χ1v) is 3.15. The first kappa shape index (κ1) is 9.36. The van der Waals surface area contributed by atoms with E-state index in [0.717, 1.165) is 0 Å². The molecule has 0 fully saturated rings. The highest BCUT2D eigenvalue weighted by Crippen LogP contribution is 1.74. The first-order chi connectivity index (χ1) is 4.68. The molecule has 0 unspecified atom stereocenters. The summed E-state index contributed by atoms with van der Waals surface area (Å²) >= 11 is 0. The van der Waals surface area contributed by atoms with Crippen LogP contribution in [0.15, 0.2) is 0 Å². The zero-order valence-corrected chi connectivity index (χ0v) is 6.35. The van der Waals surface area contributed by atoms with Crippen molar-refractivity contribution in [3.05, 3.63) is 0 Å². The molecule has 1 amide bonds. The maximum atomic E-state index is 11.5. The Bertz CT molecular complexity index is 106. The van der Waals surface area contributed by atoms with Gasteiger partial charge in [0.25, 0.3) is 0 Å². The van der Waals surface area contributed by atoms with E-state index in [1.54, 1.807) is 14.1 Å². The summed E-state index contributed by atoms with van der Waals surface area (Å²) in [6.07, 6.45) is 0. The Morgan fingerprint density at radius 3 is 2.60 bits per heavy atom. The molecule has 0 aliphatic rings. The Morgan fingerprint density at radius 1 is 1.60 bits per heavy atom. The fourth-order valence-corrected chi connectivity index (χ4v) is 0.420. The zero-order valence-electron chi connectivity index (χ0n) is 6.35. The van der Waals surface area contributed by atoms with Crippen molar-refractivity contribution in [2.45, 2.75) is 0 Å². The lowest BCUT2D eigenvalue weighted by Gasteiger charge is -2.09. The minimum Gasteiger partial charge on any atom is -0.348 e. The number of alkyl halides is 1. The molecular weight excluding hydrogens is 135 g/mol. The fraction of sp³-hybridized carbons (Fsp3) is 0.833. The Labute approximate surface area is 60.2 Å². The molecule has 3 nitrogen and oxygen atoms in total. The molecule has 0 aliphatic heterocycles. The van der Waals surface area contributed by atoms with Crippen LogP contribution in [-0.4, -0.2) is 44.7 Å². The van der Waals surface area contributed by atoms with Gasteiger partial charge in [-0.2, -0.15) is 0 Å². The quantitative estimate of drug-likeness (QED) is 0.552. The van der Waals surface area contributed by atoms with Crippen LogP contribution >= 0.6 is 0 Å². The van der Waals surface area contributed by atoms with Crippen LogP contribution in [0.25, 0.3) is 0 Å². The highest BCUT2D eigenvalue weighted by Gasteiger charge is 2.00. The first-order valence-electron chi connectivity index (χ1n) is 3.15. The Kier molecular flexibility index (Phi) is 4.84. The Balaban J connectivity index is 3.22. The van der Waals surface area contributed by atoms with Crippen LogP contribution in [0, 0.1) is 0 Å². The molecule has 4 heteroatoms. The number of rotatable bonds is 4. The standard InChI is InChI=1S/C6H13FN2O/c1-9(2)6(10)5-8-4-3-7/h8H,3-5H2,1-2H3. The van der Waals surface area contributed by atoms with Gasteiger partial charge < -0.3 is 10.2 Å². The molecular formula is C6H13FN2O. The molecule has 0 radical (unpaired) electrons. The molecule has 0 heterocycles. The van der Waals surface area contributed by atoms with E-state index >= 15 is 0 Å². The third kappa shape index (κ3) is 4.26. The smallest absolute Gasteiger partial charge is 0.236 e. The van der Waals surface area contributed by atoms with Gasteiger partial charge in [0.2, 0.25) is 5.91 Å². The summed E-state index contributed by atoms with van der Waals surface area (Å²) in [5.74, 6) is -0.0338. The summed E-state index contributed by atoms with van der Waals surface area (Å²) in [6, 6.07) is 0. The summed E-state index contributed by atoms with van der Waals surface area (Å²) in [4.78, 5) is 12.2. The number of nitrogens with one attached hydrogen (secondary N) is 1. The number of halogens is 1. The molecule has 0 saturated heterocycles. The lowest BCUT2D eigenvalue weighted by Crippen LogP contribution is -2.33. The second kappa shape index (κ2) is 5.17. The predicted molar refractivity (Wildman–Crippen MR) is 37.5 cm³/mol. The summed E-state index contributed by atoms with van der Waals surface area (Å²) in [5.41, 5.74) is 0. The van der Waals surface area contributed by atoms with Gasteiger partial charge in [-0.1, -0.05) is 0 Å². The third-order valence-electron chi connectivity index (χ3n) is 1.05. The lowest BCUT2D eigenvalue weighted by molar-refractivity contribution is -0.127. The van der Waals surface area contributed by atoms with Crippen molar-refractivity contribution in [3.8, 4) is 0 Å². The average Bonchev–Trinajstić information content (AvgIpc) is 1.88. The van der Waals surface area contributed by atoms with Crippen molar-refractivity contribution in [3.63, 3.8) is 0 Å². The molecule has 0 saturated carbocycles. The van der Waals surface area contributed by atoms with Gasteiger partial charge in [-0.15, -0.1) is 0 Å². The lowest BCUT2D eigenvalue weighted by atomic mass is 10.5. The zero-order chi connectivity index (χ0) is 7.98.